The van der Waals surface area contributed by atoms with E-state index in [1.807, 2.05) is 24.3 Å². The molecular formula is C18H20FNO. The van der Waals surface area contributed by atoms with E-state index in [2.05, 4.69) is 19.2 Å². The Balaban J connectivity index is 2.07. The van der Waals surface area contributed by atoms with Crippen LogP contribution in [0.3, 0.4) is 0 Å². The summed E-state index contributed by atoms with van der Waals surface area (Å²) in [5, 5.41) is 2.96. The van der Waals surface area contributed by atoms with Gasteiger partial charge in [-0.15, -0.1) is 0 Å². The van der Waals surface area contributed by atoms with Crippen LogP contribution < -0.4 is 5.32 Å². The summed E-state index contributed by atoms with van der Waals surface area (Å²) < 4.78 is 12.9. The number of carbonyl (C=O) groups excluding carboxylic acids is 1. The fourth-order valence-electron chi connectivity index (χ4n) is 2.24. The Morgan fingerprint density at radius 3 is 2.48 bits per heavy atom. The Morgan fingerprint density at radius 2 is 1.81 bits per heavy atom. The molecule has 0 radical (unpaired) electrons. The monoisotopic (exact) mass is 285 g/mol. The molecule has 0 aromatic heterocycles. The van der Waals surface area contributed by atoms with E-state index in [-0.39, 0.29) is 18.1 Å². The van der Waals surface area contributed by atoms with Crippen molar-refractivity contribution in [1.29, 1.82) is 0 Å². The van der Waals surface area contributed by atoms with Crippen LogP contribution >= 0.6 is 0 Å². The van der Waals surface area contributed by atoms with Crippen LogP contribution in [-0.2, 0) is 11.2 Å². The third-order valence-corrected chi connectivity index (χ3v) is 3.66. The SMILES string of the molecule is CC[C@@H](C)c1ccccc1NC(=O)Cc1ccc(F)cc1. The number of amides is 1. The zero-order valence-corrected chi connectivity index (χ0v) is 12.4. The Bertz CT molecular complexity index is 607. The van der Waals surface area contributed by atoms with Crippen LogP contribution in [0.2, 0.25) is 0 Å². The lowest BCUT2D eigenvalue weighted by Crippen LogP contribution is -2.16. The fourth-order valence-corrected chi connectivity index (χ4v) is 2.24. The highest BCUT2D eigenvalue weighted by molar-refractivity contribution is 5.93. The molecule has 2 nitrogen and oxygen atoms in total. The summed E-state index contributed by atoms with van der Waals surface area (Å²) in [6.07, 6.45) is 1.26. The standard InChI is InChI=1S/C18H20FNO/c1-3-13(2)16-6-4-5-7-17(16)20-18(21)12-14-8-10-15(19)11-9-14/h4-11,13H,3,12H2,1-2H3,(H,20,21)/t13-/m1/s1. The summed E-state index contributed by atoms with van der Waals surface area (Å²) in [4.78, 5) is 12.1. The molecule has 0 aliphatic rings. The number of hydrogen-bond donors (Lipinski definition) is 1. The Kier molecular flexibility index (Phi) is 5.09. The zero-order chi connectivity index (χ0) is 15.2. The maximum absolute atomic E-state index is 12.9. The first kappa shape index (κ1) is 15.2. The predicted octanol–water partition coefficient (Wildman–Crippen LogP) is 4.52. The molecule has 0 saturated carbocycles. The van der Waals surface area contributed by atoms with Gasteiger partial charge in [0.1, 0.15) is 5.82 Å². The molecule has 0 bridgehead atoms. The highest BCUT2D eigenvalue weighted by atomic mass is 19.1. The van der Waals surface area contributed by atoms with Gasteiger partial charge in [0.15, 0.2) is 0 Å². The van der Waals surface area contributed by atoms with Crippen molar-refractivity contribution < 1.29 is 9.18 Å². The summed E-state index contributed by atoms with van der Waals surface area (Å²) in [7, 11) is 0. The van der Waals surface area contributed by atoms with Crippen LogP contribution in [0.1, 0.15) is 37.3 Å². The molecule has 1 N–H and O–H groups in total. The van der Waals surface area contributed by atoms with Crippen LogP contribution in [0, 0.1) is 5.82 Å². The topological polar surface area (TPSA) is 29.1 Å². The van der Waals surface area contributed by atoms with Crippen LogP contribution in [0.5, 0.6) is 0 Å². The number of halogens is 1. The van der Waals surface area contributed by atoms with E-state index in [9.17, 15) is 9.18 Å². The van der Waals surface area contributed by atoms with Crippen LogP contribution in [0.4, 0.5) is 10.1 Å². The van der Waals surface area contributed by atoms with Crippen molar-refractivity contribution in [3.63, 3.8) is 0 Å². The van der Waals surface area contributed by atoms with Crippen LogP contribution in [-0.4, -0.2) is 5.91 Å². The van der Waals surface area contributed by atoms with Gasteiger partial charge >= 0.3 is 0 Å². The molecule has 2 rings (SSSR count). The molecule has 0 aliphatic heterocycles. The number of hydrogen-bond acceptors (Lipinski definition) is 1. The minimum atomic E-state index is -0.290. The second kappa shape index (κ2) is 7.02. The summed E-state index contributed by atoms with van der Waals surface area (Å²) in [5.74, 6) is 0.0194. The lowest BCUT2D eigenvalue weighted by atomic mass is 9.97. The van der Waals surface area contributed by atoms with E-state index in [0.717, 1.165) is 23.2 Å². The highest BCUT2D eigenvalue weighted by Gasteiger charge is 2.11. The van der Waals surface area contributed by atoms with Gasteiger partial charge < -0.3 is 5.32 Å². The minimum absolute atomic E-state index is 0.0858. The number of nitrogens with one attached hydrogen (secondary N) is 1. The largest absolute Gasteiger partial charge is 0.326 e. The molecule has 21 heavy (non-hydrogen) atoms. The zero-order valence-electron chi connectivity index (χ0n) is 12.4. The molecular weight excluding hydrogens is 265 g/mol. The van der Waals surface area contributed by atoms with E-state index in [0.29, 0.717) is 5.92 Å². The van der Waals surface area contributed by atoms with Gasteiger partial charge in [0, 0.05) is 5.69 Å². The average molecular weight is 285 g/mol. The predicted molar refractivity (Wildman–Crippen MR) is 83.9 cm³/mol. The van der Waals surface area contributed by atoms with E-state index < -0.39 is 0 Å². The van der Waals surface area contributed by atoms with Gasteiger partial charge in [-0.3, -0.25) is 4.79 Å². The normalized spacial score (nSPS) is 12.0. The van der Waals surface area contributed by atoms with Crippen molar-refractivity contribution in [3.8, 4) is 0 Å². The van der Waals surface area contributed by atoms with Crippen LogP contribution in [0.25, 0.3) is 0 Å². The molecule has 0 aliphatic carbocycles. The van der Waals surface area contributed by atoms with Crippen molar-refractivity contribution in [2.45, 2.75) is 32.6 Å². The second-order valence-corrected chi connectivity index (χ2v) is 5.25. The van der Waals surface area contributed by atoms with Crippen LogP contribution in [0.15, 0.2) is 48.5 Å². The number of carbonyl (C=O) groups is 1. The summed E-state index contributed by atoms with van der Waals surface area (Å²) in [6.45, 7) is 4.27. The van der Waals surface area contributed by atoms with E-state index in [1.165, 1.54) is 12.1 Å². The Morgan fingerprint density at radius 1 is 1.14 bits per heavy atom. The van der Waals surface area contributed by atoms with E-state index >= 15 is 0 Å². The molecule has 0 fully saturated rings. The van der Waals surface area contributed by atoms with E-state index in [4.69, 9.17) is 0 Å². The highest BCUT2D eigenvalue weighted by Crippen LogP contribution is 2.26. The lowest BCUT2D eigenvalue weighted by Gasteiger charge is -2.15. The summed E-state index contributed by atoms with van der Waals surface area (Å²) in [5.41, 5.74) is 2.81. The number of benzene rings is 2. The third kappa shape index (κ3) is 4.15. The van der Waals surface area contributed by atoms with Gasteiger partial charge in [-0.25, -0.2) is 4.39 Å². The average Bonchev–Trinajstić information content (AvgIpc) is 2.49. The van der Waals surface area contributed by atoms with Crippen molar-refractivity contribution in [3.05, 3.63) is 65.5 Å². The maximum Gasteiger partial charge on any atom is 0.228 e. The first-order valence-corrected chi connectivity index (χ1v) is 7.23. The van der Waals surface area contributed by atoms with Gasteiger partial charge in [-0.05, 0) is 41.7 Å². The van der Waals surface area contributed by atoms with Crippen molar-refractivity contribution in [2.75, 3.05) is 5.32 Å². The fraction of sp³-hybridized carbons (Fsp3) is 0.278. The summed E-state index contributed by atoms with van der Waals surface area (Å²) in [6, 6.07) is 13.9. The smallest absolute Gasteiger partial charge is 0.228 e. The molecule has 1 atom stereocenters. The summed E-state index contributed by atoms with van der Waals surface area (Å²) >= 11 is 0. The molecule has 0 saturated heterocycles. The van der Waals surface area contributed by atoms with Crippen molar-refractivity contribution in [1.82, 2.24) is 0 Å². The Labute approximate surface area is 125 Å². The minimum Gasteiger partial charge on any atom is -0.326 e. The first-order chi connectivity index (χ1) is 10.1. The lowest BCUT2D eigenvalue weighted by molar-refractivity contribution is -0.115. The molecule has 3 heteroatoms. The van der Waals surface area contributed by atoms with E-state index in [1.54, 1.807) is 12.1 Å². The van der Waals surface area contributed by atoms with Gasteiger partial charge in [0.25, 0.3) is 0 Å². The molecule has 110 valence electrons. The third-order valence-electron chi connectivity index (χ3n) is 3.66. The van der Waals surface area contributed by atoms with Gasteiger partial charge in [-0.2, -0.15) is 0 Å². The number of para-hydroxylation sites is 1. The van der Waals surface area contributed by atoms with Crippen molar-refractivity contribution in [2.24, 2.45) is 0 Å². The van der Waals surface area contributed by atoms with Gasteiger partial charge in [0.05, 0.1) is 6.42 Å². The number of rotatable bonds is 5. The van der Waals surface area contributed by atoms with Crippen molar-refractivity contribution >= 4 is 11.6 Å². The Hall–Kier alpha value is -2.16. The molecule has 2 aromatic rings. The molecule has 1 amide bonds. The molecule has 0 unspecified atom stereocenters. The molecule has 0 heterocycles. The van der Waals surface area contributed by atoms with Gasteiger partial charge in [0.2, 0.25) is 5.91 Å². The maximum atomic E-state index is 12.9. The molecule has 2 aromatic carbocycles. The second-order valence-electron chi connectivity index (χ2n) is 5.25. The molecule has 0 spiro atoms. The van der Waals surface area contributed by atoms with Gasteiger partial charge in [-0.1, -0.05) is 44.2 Å². The first-order valence-electron chi connectivity index (χ1n) is 7.23. The number of anilines is 1. The quantitative estimate of drug-likeness (QED) is 0.859.